The number of rotatable bonds is 3. The second kappa shape index (κ2) is 8.17. The largest absolute Gasteiger partial charge is 0.335 e. The van der Waals surface area contributed by atoms with Gasteiger partial charge in [-0.15, -0.1) is 0 Å². The molecule has 0 bridgehead atoms. The standard InChI is InChI=1S/C22H28N4O2/c1-15-7-5-6-8-16(15)13-20-24-19-11-12-26(14-18(19)21(27)25-20)22(28)23-17-9-3-2-4-10-17/h5-8,17H,2-4,9-14H2,1H3,(H,23,28)(H,24,25,27). The summed E-state index contributed by atoms with van der Waals surface area (Å²) >= 11 is 0. The number of fused-ring (bicyclic) bond motifs is 1. The van der Waals surface area contributed by atoms with Crippen molar-refractivity contribution in [2.45, 2.75) is 64.5 Å². The molecule has 1 aromatic carbocycles. The summed E-state index contributed by atoms with van der Waals surface area (Å²) in [5.74, 6) is 0.693. The molecule has 2 amide bonds. The summed E-state index contributed by atoms with van der Waals surface area (Å²) in [6.45, 7) is 3.00. The number of benzene rings is 1. The van der Waals surface area contributed by atoms with E-state index in [4.69, 9.17) is 4.98 Å². The molecule has 1 fully saturated rings. The molecule has 1 aromatic heterocycles. The van der Waals surface area contributed by atoms with E-state index in [1.807, 2.05) is 12.1 Å². The smallest absolute Gasteiger partial charge is 0.317 e. The van der Waals surface area contributed by atoms with Gasteiger partial charge in [0.25, 0.3) is 5.56 Å². The van der Waals surface area contributed by atoms with Gasteiger partial charge in [0.1, 0.15) is 5.82 Å². The maximum Gasteiger partial charge on any atom is 0.317 e. The first-order chi connectivity index (χ1) is 13.6. The van der Waals surface area contributed by atoms with Crippen molar-refractivity contribution in [2.75, 3.05) is 6.54 Å². The lowest BCUT2D eigenvalue weighted by Gasteiger charge is -2.31. The van der Waals surface area contributed by atoms with Crippen molar-refractivity contribution in [3.05, 3.63) is 62.8 Å². The Hall–Kier alpha value is -2.63. The number of H-pyrrole nitrogens is 1. The number of carbonyl (C=O) groups is 1. The molecule has 0 atom stereocenters. The van der Waals surface area contributed by atoms with Crippen molar-refractivity contribution in [1.29, 1.82) is 0 Å². The molecule has 6 heteroatoms. The van der Waals surface area contributed by atoms with E-state index in [0.29, 0.717) is 37.3 Å². The number of amides is 2. The highest BCUT2D eigenvalue weighted by Crippen LogP contribution is 2.19. The Morgan fingerprint density at radius 1 is 1.25 bits per heavy atom. The minimum atomic E-state index is -0.122. The topological polar surface area (TPSA) is 78.1 Å². The highest BCUT2D eigenvalue weighted by atomic mass is 16.2. The summed E-state index contributed by atoms with van der Waals surface area (Å²) in [4.78, 5) is 34.7. The maximum atomic E-state index is 12.7. The van der Waals surface area contributed by atoms with Crippen molar-refractivity contribution >= 4 is 6.03 Å². The molecule has 2 N–H and O–H groups in total. The summed E-state index contributed by atoms with van der Waals surface area (Å²) in [5.41, 5.74) is 3.68. The van der Waals surface area contributed by atoms with Crippen LogP contribution >= 0.6 is 0 Å². The zero-order valence-electron chi connectivity index (χ0n) is 16.5. The fraction of sp³-hybridized carbons (Fsp3) is 0.500. The molecule has 148 valence electrons. The molecular weight excluding hydrogens is 352 g/mol. The normalized spacial score (nSPS) is 17.2. The van der Waals surface area contributed by atoms with E-state index >= 15 is 0 Å². The summed E-state index contributed by atoms with van der Waals surface area (Å²) < 4.78 is 0. The SMILES string of the molecule is Cc1ccccc1Cc1nc2c(c(=O)[nH]1)CN(C(=O)NC1CCCCC1)CC2. The zero-order valence-corrected chi connectivity index (χ0v) is 16.5. The molecule has 2 heterocycles. The van der Waals surface area contributed by atoms with Crippen molar-refractivity contribution < 1.29 is 4.79 Å². The fourth-order valence-electron chi connectivity index (χ4n) is 4.24. The summed E-state index contributed by atoms with van der Waals surface area (Å²) in [7, 11) is 0. The Bertz CT molecular complexity index is 915. The van der Waals surface area contributed by atoms with E-state index in [-0.39, 0.29) is 17.6 Å². The molecule has 0 radical (unpaired) electrons. The van der Waals surface area contributed by atoms with Gasteiger partial charge in [-0.1, -0.05) is 43.5 Å². The van der Waals surface area contributed by atoms with Gasteiger partial charge in [0.05, 0.1) is 17.8 Å². The van der Waals surface area contributed by atoms with Crippen LogP contribution in [-0.4, -0.2) is 33.5 Å². The van der Waals surface area contributed by atoms with Crippen LogP contribution < -0.4 is 10.9 Å². The predicted octanol–water partition coefficient (Wildman–Crippen LogP) is 3.07. The number of aryl methyl sites for hydroxylation is 1. The monoisotopic (exact) mass is 380 g/mol. The second-order valence-corrected chi connectivity index (χ2v) is 8.00. The van der Waals surface area contributed by atoms with Gasteiger partial charge < -0.3 is 15.2 Å². The number of carbonyl (C=O) groups excluding carboxylic acids is 1. The second-order valence-electron chi connectivity index (χ2n) is 8.00. The third-order valence-corrected chi connectivity index (χ3v) is 5.96. The molecule has 6 nitrogen and oxygen atoms in total. The van der Waals surface area contributed by atoms with Gasteiger partial charge in [-0.05, 0) is 30.9 Å². The van der Waals surface area contributed by atoms with Crippen LogP contribution in [0.5, 0.6) is 0 Å². The van der Waals surface area contributed by atoms with Crippen LogP contribution in [0.25, 0.3) is 0 Å². The molecule has 0 spiro atoms. The lowest BCUT2D eigenvalue weighted by atomic mass is 9.95. The van der Waals surface area contributed by atoms with E-state index in [9.17, 15) is 9.59 Å². The van der Waals surface area contributed by atoms with Crippen LogP contribution in [0.1, 0.15) is 60.3 Å². The van der Waals surface area contributed by atoms with Crippen molar-refractivity contribution in [1.82, 2.24) is 20.2 Å². The molecular formula is C22H28N4O2. The Kier molecular flexibility index (Phi) is 5.46. The highest BCUT2D eigenvalue weighted by molar-refractivity contribution is 5.74. The van der Waals surface area contributed by atoms with Gasteiger partial charge in [-0.2, -0.15) is 0 Å². The third kappa shape index (κ3) is 4.11. The third-order valence-electron chi connectivity index (χ3n) is 5.96. The van der Waals surface area contributed by atoms with E-state index < -0.39 is 0 Å². The Labute approximate surface area is 165 Å². The van der Waals surface area contributed by atoms with E-state index in [0.717, 1.165) is 24.1 Å². The average molecular weight is 380 g/mol. The van der Waals surface area contributed by atoms with Crippen LogP contribution in [0.3, 0.4) is 0 Å². The first-order valence-electron chi connectivity index (χ1n) is 10.3. The molecule has 28 heavy (non-hydrogen) atoms. The lowest BCUT2D eigenvalue weighted by molar-refractivity contribution is 0.184. The minimum absolute atomic E-state index is 0.0547. The number of hydrogen-bond acceptors (Lipinski definition) is 3. The first-order valence-corrected chi connectivity index (χ1v) is 10.3. The van der Waals surface area contributed by atoms with Crippen molar-refractivity contribution in [2.24, 2.45) is 0 Å². The number of urea groups is 1. The zero-order chi connectivity index (χ0) is 19.5. The van der Waals surface area contributed by atoms with Gasteiger partial charge in [-0.25, -0.2) is 9.78 Å². The molecule has 1 saturated carbocycles. The molecule has 4 rings (SSSR count). The molecule has 1 aliphatic heterocycles. The molecule has 2 aromatic rings. The van der Waals surface area contributed by atoms with Gasteiger partial charge in [0.2, 0.25) is 0 Å². The van der Waals surface area contributed by atoms with Gasteiger partial charge in [0.15, 0.2) is 0 Å². The van der Waals surface area contributed by atoms with Crippen LogP contribution in [0.2, 0.25) is 0 Å². The highest BCUT2D eigenvalue weighted by Gasteiger charge is 2.26. The number of aromatic nitrogens is 2. The summed E-state index contributed by atoms with van der Waals surface area (Å²) in [5, 5.41) is 3.14. The maximum absolute atomic E-state index is 12.7. The van der Waals surface area contributed by atoms with Crippen LogP contribution in [-0.2, 0) is 19.4 Å². The minimum Gasteiger partial charge on any atom is -0.335 e. The Balaban J connectivity index is 1.46. The summed E-state index contributed by atoms with van der Waals surface area (Å²) in [6, 6.07) is 8.36. The van der Waals surface area contributed by atoms with E-state index in [1.54, 1.807) is 4.90 Å². The molecule has 0 unspecified atom stereocenters. The lowest BCUT2D eigenvalue weighted by Crippen LogP contribution is -2.48. The van der Waals surface area contributed by atoms with Gasteiger partial charge in [0, 0.05) is 25.4 Å². The number of hydrogen-bond donors (Lipinski definition) is 2. The first kappa shape index (κ1) is 18.7. The van der Waals surface area contributed by atoms with Gasteiger partial charge >= 0.3 is 6.03 Å². The Morgan fingerprint density at radius 2 is 2.04 bits per heavy atom. The predicted molar refractivity (Wildman–Crippen MR) is 108 cm³/mol. The van der Waals surface area contributed by atoms with Crippen LogP contribution in [0, 0.1) is 6.92 Å². The molecule has 0 saturated heterocycles. The van der Waals surface area contributed by atoms with Crippen molar-refractivity contribution in [3.63, 3.8) is 0 Å². The Morgan fingerprint density at radius 3 is 2.82 bits per heavy atom. The van der Waals surface area contributed by atoms with Crippen LogP contribution in [0.15, 0.2) is 29.1 Å². The van der Waals surface area contributed by atoms with Crippen molar-refractivity contribution in [3.8, 4) is 0 Å². The van der Waals surface area contributed by atoms with Gasteiger partial charge in [-0.3, -0.25) is 4.79 Å². The molecule has 2 aliphatic rings. The van der Waals surface area contributed by atoms with E-state index in [2.05, 4.69) is 29.4 Å². The number of nitrogens with one attached hydrogen (secondary N) is 2. The quantitative estimate of drug-likeness (QED) is 0.859. The average Bonchev–Trinajstić information content (AvgIpc) is 2.70. The summed E-state index contributed by atoms with van der Waals surface area (Å²) in [6.07, 6.45) is 6.97. The number of nitrogens with zero attached hydrogens (tertiary/aromatic N) is 2. The van der Waals surface area contributed by atoms with E-state index in [1.165, 1.54) is 24.8 Å². The number of aromatic amines is 1. The fourth-order valence-corrected chi connectivity index (χ4v) is 4.24. The molecule has 1 aliphatic carbocycles. The van der Waals surface area contributed by atoms with Crippen LogP contribution in [0.4, 0.5) is 4.79 Å².